The molecule has 0 spiro atoms. The molecule has 3 aromatic rings. The summed E-state index contributed by atoms with van der Waals surface area (Å²) in [6, 6.07) is 5.79. The zero-order valence-corrected chi connectivity index (χ0v) is 14.2. The van der Waals surface area contributed by atoms with E-state index < -0.39 is 11.9 Å². The number of aromatic nitrogens is 4. The molecule has 0 amide bonds. The number of anilines is 1. The molecule has 25 heavy (non-hydrogen) atoms. The Hall–Kier alpha value is -2.55. The SMILES string of the molecule is Cc1nc(CNc2cc(C(F)(F)F)nc(-c3ccccn3)n2)c(C)s1. The first-order valence-electron chi connectivity index (χ1n) is 7.37. The van der Waals surface area contributed by atoms with Crippen LogP contribution in [0.4, 0.5) is 19.0 Å². The first kappa shape index (κ1) is 17.3. The minimum Gasteiger partial charge on any atom is -0.364 e. The number of alkyl halides is 3. The fraction of sp³-hybridized carbons (Fsp3) is 0.250. The van der Waals surface area contributed by atoms with Crippen molar-refractivity contribution >= 4 is 17.2 Å². The molecule has 9 heteroatoms. The number of thiazole rings is 1. The average molecular weight is 365 g/mol. The number of nitrogens with one attached hydrogen (secondary N) is 1. The van der Waals surface area contributed by atoms with Crippen LogP contribution in [0.15, 0.2) is 30.5 Å². The lowest BCUT2D eigenvalue weighted by molar-refractivity contribution is -0.141. The van der Waals surface area contributed by atoms with Gasteiger partial charge in [0, 0.05) is 17.1 Å². The van der Waals surface area contributed by atoms with Crippen LogP contribution in [-0.4, -0.2) is 19.9 Å². The van der Waals surface area contributed by atoms with Gasteiger partial charge in [0.15, 0.2) is 11.5 Å². The molecular formula is C16H14F3N5S. The van der Waals surface area contributed by atoms with Gasteiger partial charge in [0.25, 0.3) is 0 Å². The zero-order chi connectivity index (χ0) is 18.0. The van der Waals surface area contributed by atoms with E-state index in [4.69, 9.17) is 0 Å². The van der Waals surface area contributed by atoms with Gasteiger partial charge in [0.05, 0.1) is 17.2 Å². The molecule has 0 saturated heterocycles. The second-order valence-corrected chi connectivity index (χ2v) is 6.67. The molecule has 5 nitrogen and oxygen atoms in total. The molecule has 0 radical (unpaired) electrons. The predicted octanol–water partition coefficient (Wildman–Crippen LogP) is 4.24. The minimum absolute atomic E-state index is 0.0769. The molecule has 0 aliphatic rings. The standard InChI is InChI=1S/C16H14F3N5S/c1-9-12(22-10(2)25-9)8-21-14-7-13(16(17,18)19)23-15(24-14)11-5-3-4-6-20-11/h3-7H,8H2,1-2H3,(H,21,23,24). The van der Waals surface area contributed by atoms with Gasteiger partial charge in [0.1, 0.15) is 11.5 Å². The highest BCUT2D eigenvalue weighted by molar-refractivity contribution is 7.11. The summed E-state index contributed by atoms with van der Waals surface area (Å²) in [6.45, 7) is 4.08. The molecule has 1 N–H and O–H groups in total. The Labute approximate surface area is 146 Å². The van der Waals surface area contributed by atoms with E-state index in [1.165, 1.54) is 17.5 Å². The lowest BCUT2D eigenvalue weighted by Crippen LogP contribution is -2.12. The molecule has 0 unspecified atom stereocenters. The van der Waals surface area contributed by atoms with Crippen LogP contribution < -0.4 is 5.32 Å². The van der Waals surface area contributed by atoms with Crippen molar-refractivity contribution in [3.63, 3.8) is 0 Å². The molecule has 3 heterocycles. The molecular weight excluding hydrogens is 351 g/mol. The normalized spacial score (nSPS) is 11.6. The third kappa shape index (κ3) is 4.11. The fourth-order valence-electron chi connectivity index (χ4n) is 2.20. The van der Waals surface area contributed by atoms with Crippen molar-refractivity contribution in [3.8, 4) is 11.5 Å². The number of nitrogens with zero attached hydrogens (tertiary/aromatic N) is 4. The summed E-state index contributed by atoms with van der Waals surface area (Å²) in [6.07, 6.45) is -3.09. The summed E-state index contributed by atoms with van der Waals surface area (Å²) < 4.78 is 39.4. The summed E-state index contributed by atoms with van der Waals surface area (Å²) in [5, 5.41) is 3.81. The highest BCUT2D eigenvalue weighted by atomic mass is 32.1. The van der Waals surface area contributed by atoms with Crippen LogP contribution in [-0.2, 0) is 12.7 Å². The summed E-state index contributed by atoms with van der Waals surface area (Å²) >= 11 is 1.54. The van der Waals surface area contributed by atoms with Gasteiger partial charge >= 0.3 is 6.18 Å². The van der Waals surface area contributed by atoms with E-state index in [9.17, 15) is 13.2 Å². The Morgan fingerprint density at radius 3 is 2.52 bits per heavy atom. The van der Waals surface area contributed by atoms with E-state index >= 15 is 0 Å². The van der Waals surface area contributed by atoms with Gasteiger partial charge in [-0.3, -0.25) is 4.98 Å². The molecule has 0 aromatic carbocycles. The van der Waals surface area contributed by atoms with Crippen LogP contribution in [0.1, 0.15) is 21.3 Å². The second-order valence-electron chi connectivity index (χ2n) is 5.26. The van der Waals surface area contributed by atoms with Crippen LogP contribution in [0, 0.1) is 13.8 Å². The number of hydrogen-bond acceptors (Lipinski definition) is 6. The summed E-state index contributed by atoms with van der Waals surface area (Å²) in [7, 11) is 0. The van der Waals surface area contributed by atoms with E-state index in [0.29, 0.717) is 0 Å². The van der Waals surface area contributed by atoms with Crippen molar-refractivity contribution in [3.05, 3.63) is 51.7 Å². The molecule has 0 saturated carbocycles. The number of hydrogen-bond donors (Lipinski definition) is 1. The van der Waals surface area contributed by atoms with E-state index in [-0.39, 0.29) is 23.9 Å². The van der Waals surface area contributed by atoms with Gasteiger partial charge in [0.2, 0.25) is 0 Å². The molecule has 130 valence electrons. The van der Waals surface area contributed by atoms with E-state index in [1.807, 2.05) is 13.8 Å². The van der Waals surface area contributed by atoms with E-state index in [2.05, 4.69) is 25.3 Å². The molecule has 0 aliphatic carbocycles. The number of aryl methyl sites for hydroxylation is 2. The quantitative estimate of drug-likeness (QED) is 0.749. The lowest BCUT2D eigenvalue weighted by Gasteiger charge is -2.11. The van der Waals surface area contributed by atoms with Crippen molar-refractivity contribution < 1.29 is 13.2 Å². The molecule has 0 bridgehead atoms. The van der Waals surface area contributed by atoms with Crippen LogP contribution in [0.3, 0.4) is 0 Å². The van der Waals surface area contributed by atoms with Gasteiger partial charge in [-0.25, -0.2) is 15.0 Å². The Balaban J connectivity index is 1.94. The Bertz CT molecular complexity index is 877. The topological polar surface area (TPSA) is 63.6 Å². The van der Waals surface area contributed by atoms with Crippen molar-refractivity contribution in [2.45, 2.75) is 26.6 Å². The summed E-state index contributed by atoms with van der Waals surface area (Å²) in [5.74, 6) is -0.00265. The summed E-state index contributed by atoms with van der Waals surface area (Å²) in [5.41, 5.74) is 0.0447. The average Bonchev–Trinajstić information content (AvgIpc) is 2.90. The Morgan fingerprint density at radius 1 is 1.12 bits per heavy atom. The third-order valence-electron chi connectivity index (χ3n) is 3.35. The number of halogens is 3. The van der Waals surface area contributed by atoms with Crippen LogP contribution in [0.5, 0.6) is 0 Å². The van der Waals surface area contributed by atoms with Crippen LogP contribution in [0.25, 0.3) is 11.5 Å². The fourth-order valence-corrected chi connectivity index (χ4v) is 3.04. The predicted molar refractivity (Wildman–Crippen MR) is 89.2 cm³/mol. The van der Waals surface area contributed by atoms with Crippen LogP contribution in [0.2, 0.25) is 0 Å². The third-order valence-corrected chi connectivity index (χ3v) is 4.28. The monoisotopic (exact) mass is 365 g/mol. The Morgan fingerprint density at radius 2 is 1.92 bits per heavy atom. The maximum atomic E-state index is 13.1. The highest BCUT2D eigenvalue weighted by Gasteiger charge is 2.34. The Kier molecular flexibility index (Phi) is 4.67. The van der Waals surface area contributed by atoms with Crippen molar-refractivity contribution in [2.75, 3.05) is 5.32 Å². The number of rotatable bonds is 4. The van der Waals surface area contributed by atoms with Crippen LogP contribution >= 0.6 is 11.3 Å². The van der Waals surface area contributed by atoms with Gasteiger partial charge < -0.3 is 5.32 Å². The van der Waals surface area contributed by atoms with E-state index in [0.717, 1.165) is 21.6 Å². The molecule has 3 aromatic heterocycles. The zero-order valence-electron chi connectivity index (χ0n) is 13.4. The van der Waals surface area contributed by atoms with Gasteiger partial charge in [-0.05, 0) is 26.0 Å². The van der Waals surface area contributed by atoms with E-state index in [1.54, 1.807) is 18.2 Å². The smallest absolute Gasteiger partial charge is 0.364 e. The molecule has 0 fully saturated rings. The second kappa shape index (κ2) is 6.75. The molecule has 0 aliphatic heterocycles. The number of pyridine rings is 1. The van der Waals surface area contributed by atoms with Crippen molar-refractivity contribution in [1.29, 1.82) is 0 Å². The van der Waals surface area contributed by atoms with Gasteiger partial charge in [-0.1, -0.05) is 6.07 Å². The van der Waals surface area contributed by atoms with Gasteiger partial charge in [-0.2, -0.15) is 13.2 Å². The minimum atomic E-state index is -4.57. The first-order valence-corrected chi connectivity index (χ1v) is 8.19. The highest BCUT2D eigenvalue weighted by Crippen LogP contribution is 2.30. The van der Waals surface area contributed by atoms with Crippen molar-refractivity contribution in [2.24, 2.45) is 0 Å². The summed E-state index contributed by atoms with van der Waals surface area (Å²) in [4.78, 5) is 17.1. The maximum absolute atomic E-state index is 13.1. The maximum Gasteiger partial charge on any atom is 0.433 e. The lowest BCUT2D eigenvalue weighted by atomic mass is 10.3. The largest absolute Gasteiger partial charge is 0.433 e. The van der Waals surface area contributed by atoms with Crippen molar-refractivity contribution in [1.82, 2.24) is 19.9 Å². The van der Waals surface area contributed by atoms with Gasteiger partial charge in [-0.15, -0.1) is 11.3 Å². The first-order chi connectivity index (χ1) is 11.8. The molecule has 0 atom stereocenters. The molecule has 3 rings (SSSR count).